The third kappa shape index (κ3) is 3.85. The van der Waals surface area contributed by atoms with Gasteiger partial charge in [0.05, 0.1) is 0 Å². The van der Waals surface area contributed by atoms with Gasteiger partial charge in [-0.3, -0.25) is 0 Å². The van der Waals surface area contributed by atoms with Gasteiger partial charge in [0, 0.05) is 26.1 Å². The highest BCUT2D eigenvalue weighted by Gasteiger charge is 2.17. The van der Waals surface area contributed by atoms with Crippen molar-refractivity contribution >= 4 is 32.9 Å². The largest absolute Gasteiger partial charge is 0.134 e. The molecule has 7 rings (SSSR count). The molecule has 0 spiro atoms. The maximum Gasteiger partial charge on any atom is 0.0434 e. The molecule has 0 saturated heterocycles. The molecule has 0 aliphatic heterocycles. The van der Waals surface area contributed by atoms with E-state index in [2.05, 4.69) is 146 Å². The molecular formula is C36H24S. The average Bonchev–Trinajstić information content (AvgIpc) is 3.37. The van der Waals surface area contributed by atoms with E-state index in [-0.39, 0.29) is 0 Å². The number of hydrogen-bond donors (Lipinski definition) is 0. The Morgan fingerprint density at radius 3 is 1.59 bits per heavy atom. The molecule has 37 heavy (non-hydrogen) atoms. The first kappa shape index (κ1) is 21.8. The number of benzene rings is 6. The van der Waals surface area contributed by atoms with E-state index in [0.717, 1.165) is 0 Å². The summed E-state index contributed by atoms with van der Waals surface area (Å²) in [5.74, 6) is 0. The van der Waals surface area contributed by atoms with Gasteiger partial charge >= 0.3 is 0 Å². The second-order valence-corrected chi connectivity index (χ2v) is 10.3. The lowest BCUT2D eigenvalue weighted by atomic mass is 9.96. The van der Waals surface area contributed by atoms with E-state index in [1.54, 1.807) is 0 Å². The van der Waals surface area contributed by atoms with Crippen LogP contribution >= 0.6 is 11.3 Å². The summed E-state index contributed by atoms with van der Waals surface area (Å²) in [6, 6.07) is 52.5. The van der Waals surface area contributed by atoms with Crippen molar-refractivity contribution < 1.29 is 0 Å². The SMILES string of the molecule is c1ccc(-c2ccccc2-c2sc(-c3ccc(-c4cccc5ccccc45)cc3)c3ccccc23)cc1. The Morgan fingerprint density at radius 2 is 0.811 bits per heavy atom. The fourth-order valence-electron chi connectivity index (χ4n) is 5.33. The molecule has 0 fully saturated rings. The summed E-state index contributed by atoms with van der Waals surface area (Å²) in [7, 11) is 0. The lowest BCUT2D eigenvalue weighted by molar-refractivity contribution is 1.62. The zero-order chi connectivity index (χ0) is 24.6. The third-order valence-corrected chi connectivity index (χ3v) is 8.43. The molecule has 7 aromatic rings. The summed E-state index contributed by atoms with van der Waals surface area (Å²) in [6.45, 7) is 0. The number of hydrogen-bond acceptors (Lipinski definition) is 1. The van der Waals surface area contributed by atoms with E-state index in [1.165, 1.54) is 64.7 Å². The first-order valence-electron chi connectivity index (χ1n) is 12.6. The van der Waals surface area contributed by atoms with Crippen LogP contribution < -0.4 is 0 Å². The lowest BCUT2D eigenvalue weighted by Crippen LogP contribution is -1.82. The molecule has 0 saturated carbocycles. The molecule has 1 aromatic heterocycles. The number of rotatable bonds is 4. The molecule has 0 aliphatic rings. The van der Waals surface area contributed by atoms with Crippen LogP contribution in [-0.2, 0) is 0 Å². The van der Waals surface area contributed by atoms with Gasteiger partial charge in [-0.25, -0.2) is 0 Å². The first-order chi connectivity index (χ1) is 18.4. The Hall–Kier alpha value is -4.46. The van der Waals surface area contributed by atoms with E-state index < -0.39 is 0 Å². The quantitative estimate of drug-likeness (QED) is 0.231. The molecule has 0 bridgehead atoms. The van der Waals surface area contributed by atoms with Crippen LogP contribution in [0.15, 0.2) is 146 Å². The van der Waals surface area contributed by atoms with Crippen molar-refractivity contribution in [2.24, 2.45) is 0 Å². The molecule has 0 amide bonds. The zero-order valence-corrected chi connectivity index (χ0v) is 21.1. The summed E-state index contributed by atoms with van der Waals surface area (Å²) < 4.78 is 0. The maximum atomic E-state index is 2.28. The molecule has 0 atom stereocenters. The predicted octanol–water partition coefficient (Wildman–Crippen LogP) is 10.7. The van der Waals surface area contributed by atoms with E-state index in [1.807, 2.05) is 11.3 Å². The van der Waals surface area contributed by atoms with E-state index >= 15 is 0 Å². The van der Waals surface area contributed by atoms with Crippen molar-refractivity contribution in [3.05, 3.63) is 146 Å². The molecule has 0 radical (unpaired) electrons. The Kier molecular flexibility index (Phi) is 5.42. The van der Waals surface area contributed by atoms with Crippen LogP contribution in [0.1, 0.15) is 0 Å². The maximum absolute atomic E-state index is 2.28. The Morgan fingerprint density at radius 1 is 0.297 bits per heavy atom. The average molecular weight is 489 g/mol. The second-order valence-electron chi connectivity index (χ2n) is 9.32. The normalized spacial score (nSPS) is 11.2. The van der Waals surface area contributed by atoms with Crippen LogP contribution in [0.4, 0.5) is 0 Å². The van der Waals surface area contributed by atoms with Gasteiger partial charge in [-0.1, -0.05) is 146 Å². The van der Waals surface area contributed by atoms with Crippen LogP contribution in [0.5, 0.6) is 0 Å². The van der Waals surface area contributed by atoms with Gasteiger partial charge in [0.15, 0.2) is 0 Å². The molecule has 6 aromatic carbocycles. The Bertz CT molecular complexity index is 1850. The fourth-order valence-corrected chi connectivity index (χ4v) is 6.66. The summed E-state index contributed by atoms with van der Waals surface area (Å²) in [6.07, 6.45) is 0. The molecule has 1 heteroatoms. The summed E-state index contributed by atoms with van der Waals surface area (Å²) in [5, 5.41) is 5.18. The van der Waals surface area contributed by atoms with E-state index in [9.17, 15) is 0 Å². The van der Waals surface area contributed by atoms with Crippen LogP contribution in [0.3, 0.4) is 0 Å². The van der Waals surface area contributed by atoms with Crippen molar-refractivity contribution in [3.8, 4) is 43.1 Å². The van der Waals surface area contributed by atoms with Gasteiger partial charge in [-0.15, -0.1) is 11.3 Å². The molecule has 1 heterocycles. The van der Waals surface area contributed by atoms with Crippen LogP contribution in [0.2, 0.25) is 0 Å². The Balaban J connectivity index is 1.36. The smallest absolute Gasteiger partial charge is 0.0434 e. The standard InChI is InChI=1S/C36H24S/c1-2-11-25(12-3-1)31-16-6-7-17-32(31)36-34-19-9-8-18-33(34)35(37-36)28-23-21-27(22-24-28)30-20-10-14-26-13-4-5-15-29(26)30/h1-24H. The third-order valence-electron chi connectivity index (χ3n) is 7.12. The van der Waals surface area contributed by atoms with Crippen LogP contribution in [-0.4, -0.2) is 0 Å². The minimum absolute atomic E-state index is 1.25. The highest BCUT2D eigenvalue weighted by molar-refractivity contribution is 7.21. The van der Waals surface area contributed by atoms with Crippen molar-refractivity contribution in [1.29, 1.82) is 0 Å². The minimum atomic E-state index is 1.25. The number of fused-ring (bicyclic) bond motifs is 2. The van der Waals surface area contributed by atoms with Crippen LogP contribution in [0.25, 0.3) is 64.7 Å². The summed E-state index contributed by atoms with van der Waals surface area (Å²) in [4.78, 5) is 2.64. The first-order valence-corrected chi connectivity index (χ1v) is 13.4. The lowest BCUT2D eigenvalue weighted by Gasteiger charge is -2.09. The summed E-state index contributed by atoms with van der Waals surface area (Å²) in [5.41, 5.74) is 7.58. The second kappa shape index (κ2) is 9.20. The molecule has 0 aliphatic carbocycles. The molecule has 0 nitrogen and oxygen atoms in total. The van der Waals surface area contributed by atoms with Crippen LogP contribution in [0, 0.1) is 0 Å². The van der Waals surface area contributed by atoms with Gasteiger partial charge in [0.25, 0.3) is 0 Å². The highest BCUT2D eigenvalue weighted by atomic mass is 32.1. The predicted molar refractivity (Wildman–Crippen MR) is 161 cm³/mol. The van der Waals surface area contributed by atoms with Gasteiger partial charge in [0.1, 0.15) is 0 Å². The van der Waals surface area contributed by atoms with Gasteiger partial charge in [0.2, 0.25) is 0 Å². The monoisotopic (exact) mass is 488 g/mol. The molecule has 0 N–H and O–H groups in total. The van der Waals surface area contributed by atoms with Gasteiger partial charge in [-0.2, -0.15) is 0 Å². The highest BCUT2D eigenvalue weighted by Crippen LogP contribution is 2.46. The van der Waals surface area contributed by atoms with E-state index in [0.29, 0.717) is 0 Å². The minimum Gasteiger partial charge on any atom is -0.134 e. The van der Waals surface area contributed by atoms with Gasteiger partial charge in [-0.05, 0) is 38.6 Å². The van der Waals surface area contributed by atoms with Gasteiger partial charge < -0.3 is 0 Å². The summed E-state index contributed by atoms with van der Waals surface area (Å²) >= 11 is 1.89. The molecule has 174 valence electrons. The van der Waals surface area contributed by atoms with E-state index in [4.69, 9.17) is 0 Å². The van der Waals surface area contributed by atoms with Crippen molar-refractivity contribution in [3.63, 3.8) is 0 Å². The number of thiophene rings is 1. The van der Waals surface area contributed by atoms with Crippen molar-refractivity contribution in [2.45, 2.75) is 0 Å². The zero-order valence-electron chi connectivity index (χ0n) is 20.3. The topological polar surface area (TPSA) is 0 Å². The molecule has 0 unspecified atom stereocenters. The van der Waals surface area contributed by atoms with Crippen molar-refractivity contribution in [1.82, 2.24) is 0 Å². The molecular weight excluding hydrogens is 464 g/mol. The van der Waals surface area contributed by atoms with Crippen molar-refractivity contribution in [2.75, 3.05) is 0 Å². The fraction of sp³-hybridized carbons (Fsp3) is 0. The Labute approximate surface area is 221 Å².